The SMILES string of the molecule is CC(C)(C)C(=O)N1CSCC1C(=O)NCC1CCCNC1. The molecule has 2 aliphatic heterocycles. The molecule has 2 N–H and O–H groups in total. The lowest BCUT2D eigenvalue weighted by molar-refractivity contribution is -0.144. The molecule has 2 atom stereocenters. The van der Waals surface area contributed by atoms with E-state index in [0.717, 1.165) is 19.5 Å². The molecule has 0 bridgehead atoms. The highest BCUT2D eigenvalue weighted by Crippen LogP contribution is 2.27. The van der Waals surface area contributed by atoms with E-state index in [2.05, 4.69) is 10.6 Å². The van der Waals surface area contributed by atoms with Gasteiger partial charge in [-0.05, 0) is 31.8 Å². The first-order chi connectivity index (χ1) is 9.89. The molecule has 0 aromatic carbocycles. The van der Waals surface area contributed by atoms with Gasteiger partial charge >= 0.3 is 0 Å². The number of thioether (sulfide) groups is 1. The van der Waals surface area contributed by atoms with Crippen molar-refractivity contribution in [3.8, 4) is 0 Å². The van der Waals surface area contributed by atoms with Crippen LogP contribution < -0.4 is 10.6 Å². The van der Waals surface area contributed by atoms with E-state index in [9.17, 15) is 9.59 Å². The summed E-state index contributed by atoms with van der Waals surface area (Å²) in [6.45, 7) is 8.48. The second-order valence-corrected chi connectivity index (χ2v) is 8.00. The molecule has 0 aromatic heterocycles. The summed E-state index contributed by atoms with van der Waals surface area (Å²) >= 11 is 1.66. The second-order valence-electron chi connectivity index (χ2n) is 7.00. The first kappa shape index (κ1) is 16.6. The largest absolute Gasteiger partial charge is 0.354 e. The number of amides is 2. The summed E-state index contributed by atoms with van der Waals surface area (Å²) in [7, 11) is 0. The minimum atomic E-state index is -0.434. The van der Waals surface area contributed by atoms with Gasteiger partial charge in [0.1, 0.15) is 6.04 Å². The van der Waals surface area contributed by atoms with E-state index in [4.69, 9.17) is 0 Å². The third kappa shape index (κ3) is 4.36. The van der Waals surface area contributed by atoms with Crippen molar-refractivity contribution >= 4 is 23.6 Å². The van der Waals surface area contributed by atoms with Crippen LogP contribution in [0.1, 0.15) is 33.6 Å². The smallest absolute Gasteiger partial charge is 0.243 e. The van der Waals surface area contributed by atoms with Crippen LogP contribution in [-0.2, 0) is 9.59 Å². The third-order valence-corrected chi connectivity index (χ3v) is 5.06. The number of hydrogen-bond donors (Lipinski definition) is 2. The van der Waals surface area contributed by atoms with Gasteiger partial charge in [-0.2, -0.15) is 0 Å². The second kappa shape index (κ2) is 7.01. The molecular formula is C15H27N3O2S. The number of nitrogens with one attached hydrogen (secondary N) is 2. The van der Waals surface area contributed by atoms with Crippen LogP contribution in [0.15, 0.2) is 0 Å². The van der Waals surface area contributed by atoms with E-state index in [-0.39, 0.29) is 17.9 Å². The molecule has 21 heavy (non-hydrogen) atoms. The fourth-order valence-corrected chi connectivity index (χ4v) is 3.91. The lowest BCUT2D eigenvalue weighted by Gasteiger charge is -2.30. The van der Waals surface area contributed by atoms with Gasteiger partial charge in [0.15, 0.2) is 0 Å². The van der Waals surface area contributed by atoms with Gasteiger partial charge in [0.2, 0.25) is 11.8 Å². The third-order valence-electron chi connectivity index (χ3n) is 4.05. The van der Waals surface area contributed by atoms with E-state index in [1.165, 1.54) is 6.42 Å². The predicted octanol–water partition coefficient (Wildman–Crippen LogP) is 1.05. The Balaban J connectivity index is 1.87. The maximum Gasteiger partial charge on any atom is 0.243 e. The van der Waals surface area contributed by atoms with E-state index in [0.29, 0.717) is 24.1 Å². The van der Waals surface area contributed by atoms with Gasteiger partial charge in [-0.25, -0.2) is 0 Å². The Morgan fingerprint density at radius 2 is 2.14 bits per heavy atom. The van der Waals surface area contributed by atoms with Crippen molar-refractivity contribution in [2.75, 3.05) is 31.3 Å². The predicted molar refractivity (Wildman–Crippen MR) is 86.0 cm³/mol. The van der Waals surface area contributed by atoms with Crippen LogP contribution in [0.5, 0.6) is 0 Å². The topological polar surface area (TPSA) is 61.4 Å². The Kier molecular flexibility index (Phi) is 5.54. The molecule has 0 saturated carbocycles. The van der Waals surface area contributed by atoms with Crippen molar-refractivity contribution in [3.05, 3.63) is 0 Å². The molecule has 2 rings (SSSR count). The molecule has 2 amide bonds. The Morgan fingerprint density at radius 1 is 1.38 bits per heavy atom. The molecule has 2 saturated heterocycles. The van der Waals surface area contributed by atoms with Crippen LogP contribution >= 0.6 is 11.8 Å². The number of carbonyl (C=O) groups is 2. The first-order valence-corrected chi connectivity index (χ1v) is 8.92. The Bertz CT molecular complexity index is 389. The highest BCUT2D eigenvalue weighted by atomic mass is 32.2. The van der Waals surface area contributed by atoms with Crippen LogP contribution in [0.3, 0.4) is 0 Å². The van der Waals surface area contributed by atoms with Crippen LogP contribution in [0.4, 0.5) is 0 Å². The summed E-state index contributed by atoms with van der Waals surface area (Å²) in [6, 6.07) is -0.307. The van der Waals surface area contributed by atoms with Gasteiger partial charge in [-0.3, -0.25) is 9.59 Å². The van der Waals surface area contributed by atoms with Crippen molar-refractivity contribution in [2.45, 2.75) is 39.7 Å². The van der Waals surface area contributed by atoms with E-state index < -0.39 is 5.41 Å². The highest BCUT2D eigenvalue weighted by molar-refractivity contribution is 7.99. The zero-order valence-corrected chi connectivity index (χ0v) is 14.1. The number of nitrogens with zero attached hydrogens (tertiary/aromatic N) is 1. The van der Waals surface area contributed by atoms with Gasteiger partial charge in [0.05, 0.1) is 5.88 Å². The minimum Gasteiger partial charge on any atom is -0.354 e. The van der Waals surface area contributed by atoms with Crippen LogP contribution in [0.25, 0.3) is 0 Å². The van der Waals surface area contributed by atoms with Crippen LogP contribution in [0.2, 0.25) is 0 Å². The molecule has 2 aliphatic rings. The van der Waals surface area contributed by atoms with E-state index >= 15 is 0 Å². The fourth-order valence-electron chi connectivity index (χ4n) is 2.75. The van der Waals surface area contributed by atoms with Gasteiger partial charge in [-0.15, -0.1) is 11.8 Å². The summed E-state index contributed by atoms with van der Waals surface area (Å²) in [5.41, 5.74) is -0.434. The van der Waals surface area contributed by atoms with Gasteiger partial charge in [0.25, 0.3) is 0 Å². The summed E-state index contributed by atoms with van der Waals surface area (Å²) in [6.07, 6.45) is 2.34. The number of piperidine rings is 1. The summed E-state index contributed by atoms with van der Waals surface area (Å²) < 4.78 is 0. The summed E-state index contributed by atoms with van der Waals surface area (Å²) in [5, 5.41) is 6.40. The van der Waals surface area contributed by atoms with Gasteiger partial charge in [-0.1, -0.05) is 20.8 Å². The average molecular weight is 313 g/mol. The van der Waals surface area contributed by atoms with E-state index in [1.807, 2.05) is 20.8 Å². The van der Waals surface area contributed by atoms with Crippen molar-refractivity contribution in [1.82, 2.24) is 15.5 Å². The normalized spacial score (nSPS) is 26.7. The van der Waals surface area contributed by atoms with Crippen LogP contribution in [0, 0.1) is 11.3 Å². The van der Waals surface area contributed by atoms with Crippen LogP contribution in [-0.4, -0.2) is 54.0 Å². The molecule has 6 heteroatoms. The standard InChI is InChI=1S/C15H27N3O2S/c1-15(2,3)14(20)18-10-21-9-12(18)13(19)17-8-11-5-4-6-16-7-11/h11-12,16H,4-10H2,1-3H3,(H,17,19). The number of hydrogen-bond acceptors (Lipinski definition) is 4. The molecule has 2 heterocycles. The monoisotopic (exact) mass is 313 g/mol. The van der Waals surface area contributed by atoms with Crippen molar-refractivity contribution < 1.29 is 9.59 Å². The van der Waals surface area contributed by atoms with Crippen molar-refractivity contribution in [1.29, 1.82) is 0 Å². The lowest BCUT2D eigenvalue weighted by atomic mass is 9.94. The zero-order valence-electron chi connectivity index (χ0n) is 13.3. The number of rotatable bonds is 3. The average Bonchev–Trinajstić information content (AvgIpc) is 2.93. The Hall–Kier alpha value is -0.750. The molecule has 5 nitrogen and oxygen atoms in total. The van der Waals surface area contributed by atoms with Gasteiger partial charge in [0, 0.05) is 17.7 Å². The summed E-state index contributed by atoms with van der Waals surface area (Å²) in [4.78, 5) is 26.5. The molecule has 0 radical (unpaired) electrons. The quantitative estimate of drug-likeness (QED) is 0.817. The van der Waals surface area contributed by atoms with Gasteiger partial charge < -0.3 is 15.5 Å². The maximum absolute atomic E-state index is 12.4. The molecular weight excluding hydrogens is 286 g/mol. The molecule has 0 aliphatic carbocycles. The molecule has 2 unspecified atom stereocenters. The van der Waals surface area contributed by atoms with Crippen molar-refractivity contribution in [3.63, 3.8) is 0 Å². The highest BCUT2D eigenvalue weighted by Gasteiger charge is 2.38. The fraction of sp³-hybridized carbons (Fsp3) is 0.867. The number of carbonyl (C=O) groups excluding carboxylic acids is 2. The van der Waals surface area contributed by atoms with Crippen molar-refractivity contribution in [2.24, 2.45) is 11.3 Å². The maximum atomic E-state index is 12.4. The minimum absolute atomic E-state index is 0.00294. The Labute approximate surface area is 131 Å². The van der Waals surface area contributed by atoms with E-state index in [1.54, 1.807) is 16.7 Å². The zero-order chi connectivity index (χ0) is 15.5. The molecule has 2 fully saturated rings. The molecule has 120 valence electrons. The molecule has 0 spiro atoms. The first-order valence-electron chi connectivity index (χ1n) is 7.77. The molecule has 0 aromatic rings. The lowest BCUT2D eigenvalue weighted by Crippen LogP contribution is -2.51. The summed E-state index contributed by atoms with van der Waals surface area (Å²) in [5.74, 6) is 1.91. The Morgan fingerprint density at radius 3 is 2.76 bits per heavy atom.